The van der Waals surface area contributed by atoms with Crippen LogP contribution in [0.15, 0.2) is 16.9 Å². The average molecular weight is 334 g/mol. The molecule has 1 amide bonds. The molecule has 0 fully saturated rings. The van der Waals surface area contributed by atoms with E-state index in [1.54, 1.807) is 11.9 Å². The van der Waals surface area contributed by atoms with Gasteiger partial charge in [-0.25, -0.2) is 0 Å². The van der Waals surface area contributed by atoms with Gasteiger partial charge in [-0.2, -0.15) is 13.2 Å². The van der Waals surface area contributed by atoms with Gasteiger partial charge in [-0.15, -0.1) is 0 Å². The van der Waals surface area contributed by atoms with Gasteiger partial charge in [0.1, 0.15) is 11.3 Å². The van der Waals surface area contributed by atoms with Gasteiger partial charge in [0.25, 0.3) is 11.5 Å². The summed E-state index contributed by atoms with van der Waals surface area (Å²) < 4.78 is 37.4. The van der Waals surface area contributed by atoms with Crippen LogP contribution in [0.5, 0.6) is 0 Å². The summed E-state index contributed by atoms with van der Waals surface area (Å²) in [6.07, 6.45) is -3.48. The molecule has 8 heteroatoms. The third kappa shape index (κ3) is 6.05. The monoisotopic (exact) mass is 334 g/mol. The first kappa shape index (κ1) is 19.2. The van der Waals surface area contributed by atoms with Crippen molar-refractivity contribution >= 4 is 5.91 Å². The number of hydrogen-bond donors (Lipinski definition) is 3. The molecular formula is C15H21F3N2O3. The Labute approximate surface area is 131 Å². The zero-order chi connectivity index (χ0) is 17.8. The Morgan fingerprint density at radius 1 is 1.35 bits per heavy atom. The van der Waals surface area contributed by atoms with Crippen molar-refractivity contribution < 1.29 is 23.1 Å². The minimum atomic E-state index is -4.69. The third-order valence-corrected chi connectivity index (χ3v) is 3.35. The van der Waals surface area contributed by atoms with E-state index in [2.05, 4.69) is 5.32 Å². The van der Waals surface area contributed by atoms with Crippen molar-refractivity contribution in [2.45, 2.75) is 45.4 Å². The average Bonchev–Trinajstić information content (AvgIpc) is 2.42. The van der Waals surface area contributed by atoms with Gasteiger partial charge in [-0.3, -0.25) is 9.59 Å². The number of alkyl halides is 3. The summed E-state index contributed by atoms with van der Waals surface area (Å²) in [6, 6.07) is 1.45. The number of hydrogen-bond acceptors (Lipinski definition) is 3. The molecule has 0 aromatic carbocycles. The zero-order valence-electron chi connectivity index (χ0n) is 13.3. The Kier molecular flexibility index (Phi) is 5.98. The highest BCUT2D eigenvalue weighted by Gasteiger charge is 2.32. The van der Waals surface area contributed by atoms with Gasteiger partial charge in [-0.05, 0) is 37.8 Å². The number of nitrogens with one attached hydrogen (secondary N) is 2. The number of rotatable bonds is 6. The number of aliphatic hydroxyl groups is 1. The first-order valence-electron chi connectivity index (χ1n) is 7.23. The second kappa shape index (κ2) is 7.16. The number of aromatic nitrogens is 1. The normalized spacial score (nSPS) is 14.6. The molecule has 5 nitrogen and oxygen atoms in total. The molecule has 1 atom stereocenters. The number of aromatic amines is 1. The van der Waals surface area contributed by atoms with Crippen LogP contribution in [0.1, 0.15) is 49.7 Å². The van der Waals surface area contributed by atoms with E-state index >= 15 is 0 Å². The largest absolute Gasteiger partial charge is 0.431 e. The summed E-state index contributed by atoms with van der Waals surface area (Å²) in [7, 11) is 0. The van der Waals surface area contributed by atoms with E-state index in [0.717, 1.165) is 12.5 Å². The number of carbonyl (C=O) groups is 1. The van der Waals surface area contributed by atoms with Crippen molar-refractivity contribution in [3.63, 3.8) is 0 Å². The maximum absolute atomic E-state index is 12.5. The Morgan fingerprint density at radius 3 is 2.43 bits per heavy atom. The standard InChI is InChI=1S/C15H21F3N2O3/c1-9(2)6-7-14(3,23)8-19-12(21)10-4-5-11(15(16,17)18)20-13(10)22/h4-5,9,23H,6-8H2,1-3H3,(H,19,21)(H,20,22). The van der Waals surface area contributed by atoms with Crippen LogP contribution < -0.4 is 10.9 Å². The molecule has 1 rings (SSSR count). The molecule has 0 aliphatic carbocycles. The van der Waals surface area contributed by atoms with Gasteiger partial charge < -0.3 is 15.4 Å². The molecular weight excluding hydrogens is 313 g/mol. The summed E-state index contributed by atoms with van der Waals surface area (Å²) >= 11 is 0. The number of pyridine rings is 1. The lowest BCUT2D eigenvalue weighted by Gasteiger charge is -2.24. The van der Waals surface area contributed by atoms with Crippen molar-refractivity contribution in [2.75, 3.05) is 6.54 Å². The molecule has 0 bridgehead atoms. The minimum Gasteiger partial charge on any atom is -0.388 e. The van der Waals surface area contributed by atoms with Crippen LogP contribution in [0.2, 0.25) is 0 Å². The van der Waals surface area contributed by atoms with Crippen molar-refractivity contribution in [2.24, 2.45) is 5.92 Å². The van der Waals surface area contributed by atoms with E-state index in [0.29, 0.717) is 18.4 Å². The number of amides is 1. The molecule has 3 N–H and O–H groups in total. The molecule has 0 spiro atoms. The molecule has 23 heavy (non-hydrogen) atoms. The Balaban J connectivity index is 2.74. The van der Waals surface area contributed by atoms with E-state index in [4.69, 9.17) is 0 Å². The highest BCUT2D eigenvalue weighted by atomic mass is 19.4. The van der Waals surface area contributed by atoms with Crippen LogP contribution in [0.4, 0.5) is 13.2 Å². The first-order valence-corrected chi connectivity index (χ1v) is 7.23. The third-order valence-electron chi connectivity index (χ3n) is 3.35. The Bertz CT molecular complexity index is 607. The summed E-state index contributed by atoms with van der Waals surface area (Å²) in [5.74, 6) is -0.445. The van der Waals surface area contributed by atoms with Crippen LogP contribution >= 0.6 is 0 Å². The smallest absolute Gasteiger partial charge is 0.388 e. The van der Waals surface area contributed by atoms with Crippen LogP contribution in [-0.2, 0) is 6.18 Å². The Hall–Kier alpha value is -1.83. The topological polar surface area (TPSA) is 82.2 Å². The number of carbonyl (C=O) groups excluding carboxylic acids is 1. The fourth-order valence-electron chi connectivity index (χ4n) is 1.87. The van der Waals surface area contributed by atoms with Crippen molar-refractivity contribution in [1.82, 2.24) is 10.3 Å². The second-order valence-corrected chi connectivity index (χ2v) is 6.22. The molecule has 0 aliphatic rings. The number of H-pyrrole nitrogens is 1. The molecule has 0 saturated carbocycles. The first-order chi connectivity index (χ1) is 10.4. The van der Waals surface area contributed by atoms with E-state index < -0.39 is 34.5 Å². The molecule has 1 aromatic rings. The van der Waals surface area contributed by atoms with E-state index in [-0.39, 0.29) is 6.54 Å². The fraction of sp³-hybridized carbons (Fsp3) is 0.600. The molecule has 0 saturated heterocycles. The van der Waals surface area contributed by atoms with E-state index in [9.17, 15) is 27.9 Å². The zero-order valence-corrected chi connectivity index (χ0v) is 13.3. The summed E-state index contributed by atoms with van der Waals surface area (Å²) in [6.45, 7) is 5.44. The van der Waals surface area contributed by atoms with Gasteiger partial charge in [-0.1, -0.05) is 13.8 Å². The molecule has 1 aromatic heterocycles. The minimum absolute atomic E-state index is 0.0982. The van der Waals surface area contributed by atoms with Gasteiger partial charge in [0, 0.05) is 6.54 Å². The van der Waals surface area contributed by atoms with Gasteiger partial charge in [0.15, 0.2) is 0 Å². The van der Waals surface area contributed by atoms with E-state index in [1.165, 1.54) is 0 Å². The highest BCUT2D eigenvalue weighted by molar-refractivity contribution is 5.93. The van der Waals surface area contributed by atoms with Crippen molar-refractivity contribution in [1.29, 1.82) is 0 Å². The predicted molar refractivity (Wildman–Crippen MR) is 79.1 cm³/mol. The maximum atomic E-state index is 12.5. The lowest BCUT2D eigenvalue weighted by Crippen LogP contribution is -2.42. The van der Waals surface area contributed by atoms with Gasteiger partial charge in [0.05, 0.1) is 5.60 Å². The van der Waals surface area contributed by atoms with Gasteiger partial charge >= 0.3 is 6.18 Å². The summed E-state index contributed by atoms with van der Waals surface area (Å²) in [5.41, 5.74) is -3.93. The summed E-state index contributed by atoms with van der Waals surface area (Å²) in [5, 5.41) is 12.5. The molecule has 1 heterocycles. The predicted octanol–water partition coefficient (Wildman–Crippen LogP) is 2.31. The highest BCUT2D eigenvalue weighted by Crippen LogP contribution is 2.26. The lowest BCUT2D eigenvalue weighted by molar-refractivity contribution is -0.141. The summed E-state index contributed by atoms with van der Waals surface area (Å²) in [4.78, 5) is 25.1. The van der Waals surface area contributed by atoms with Crippen molar-refractivity contribution in [3.8, 4) is 0 Å². The van der Waals surface area contributed by atoms with Crippen LogP contribution in [0.25, 0.3) is 0 Å². The van der Waals surface area contributed by atoms with Crippen LogP contribution in [0.3, 0.4) is 0 Å². The van der Waals surface area contributed by atoms with Gasteiger partial charge in [0.2, 0.25) is 0 Å². The van der Waals surface area contributed by atoms with Crippen LogP contribution in [-0.4, -0.2) is 28.1 Å². The quantitative estimate of drug-likeness (QED) is 0.747. The molecule has 1 unspecified atom stereocenters. The van der Waals surface area contributed by atoms with E-state index in [1.807, 2.05) is 13.8 Å². The van der Waals surface area contributed by atoms with Crippen LogP contribution in [0, 0.1) is 5.92 Å². The second-order valence-electron chi connectivity index (χ2n) is 6.22. The SMILES string of the molecule is CC(C)CCC(C)(O)CNC(=O)c1ccc(C(F)(F)F)[nH]c1=O. The molecule has 0 radical (unpaired) electrons. The molecule has 0 aliphatic heterocycles. The Morgan fingerprint density at radius 2 is 1.96 bits per heavy atom. The molecule has 130 valence electrons. The number of halogens is 3. The fourth-order valence-corrected chi connectivity index (χ4v) is 1.87. The van der Waals surface area contributed by atoms with Crippen molar-refractivity contribution in [3.05, 3.63) is 33.7 Å². The lowest BCUT2D eigenvalue weighted by atomic mass is 9.95. The maximum Gasteiger partial charge on any atom is 0.431 e.